The lowest BCUT2D eigenvalue weighted by molar-refractivity contribution is -0.115. The van der Waals surface area contributed by atoms with Gasteiger partial charge in [-0.2, -0.15) is 0 Å². The van der Waals surface area contributed by atoms with Crippen molar-refractivity contribution in [1.82, 2.24) is 0 Å². The first-order valence-corrected chi connectivity index (χ1v) is 6.27. The minimum atomic E-state index is 0.134. The molecule has 0 aliphatic heterocycles. The van der Waals surface area contributed by atoms with Gasteiger partial charge in [0.15, 0.2) is 0 Å². The van der Waals surface area contributed by atoms with Crippen molar-refractivity contribution in [3.63, 3.8) is 0 Å². The molecule has 4 heteroatoms. The zero-order valence-corrected chi connectivity index (χ0v) is 11.0. The molecular formula is C11H13BrO2S. The van der Waals surface area contributed by atoms with E-state index < -0.39 is 0 Å². The van der Waals surface area contributed by atoms with Crippen molar-refractivity contribution >= 4 is 34.3 Å². The van der Waals surface area contributed by atoms with E-state index in [9.17, 15) is 4.79 Å². The van der Waals surface area contributed by atoms with E-state index in [1.807, 2.05) is 25.1 Å². The third-order valence-electron chi connectivity index (χ3n) is 1.90. The van der Waals surface area contributed by atoms with Crippen LogP contribution in [0.25, 0.3) is 0 Å². The van der Waals surface area contributed by atoms with Gasteiger partial charge in [-0.1, -0.05) is 28.1 Å². The molecule has 0 atom stereocenters. The van der Waals surface area contributed by atoms with Crippen LogP contribution in [0.4, 0.5) is 0 Å². The molecule has 0 heterocycles. The topological polar surface area (TPSA) is 26.3 Å². The first-order chi connectivity index (χ1) is 7.19. The third kappa shape index (κ3) is 3.54. The summed E-state index contributed by atoms with van der Waals surface area (Å²) in [7, 11) is 0. The highest BCUT2D eigenvalue weighted by Crippen LogP contribution is 2.27. The van der Waals surface area contributed by atoms with Crippen LogP contribution in [0.2, 0.25) is 0 Å². The van der Waals surface area contributed by atoms with Crippen LogP contribution in [0.1, 0.15) is 12.5 Å². The van der Waals surface area contributed by atoms with E-state index in [1.54, 1.807) is 0 Å². The summed E-state index contributed by atoms with van der Waals surface area (Å²) in [5.74, 6) is 0.854. The molecule has 0 radical (unpaired) electrons. The maximum atomic E-state index is 11.3. The largest absolute Gasteiger partial charge is 0.492 e. The molecule has 0 N–H and O–H groups in total. The molecule has 82 valence electrons. The maximum absolute atomic E-state index is 11.3. The number of thiol groups is 1. The van der Waals surface area contributed by atoms with Gasteiger partial charge in [0.1, 0.15) is 11.5 Å². The van der Waals surface area contributed by atoms with Gasteiger partial charge in [-0.3, -0.25) is 4.79 Å². The number of rotatable bonds is 5. The Morgan fingerprint density at radius 1 is 1.53 bits per heavy atom. The molecule has 0 saturated heterocycles. The first-order valence-electron chi connectivity index (χ1n) is 4.70. The normalized spacial score (nSPS) is 10.1. The van der Waals surface area contributed by atoms with Gasteiger partial charge in [0, 0.05) is 16.9 Å². The van der Waals surface area contributed by atoms with Crippen LogP contribution < -0.4 is 4.74 Å². The maximum Gasteiger partial charge on any atom is 0.147 e. The fourth-order valence-corrected chi connectivity index (χ4v) is 1.77. The fraction of sp³-hybridized carbons (Fsp3) is 0.364. The lowest BCUT2D eigenvalue weighted by Gasteiger charge is -2.11. The average Bonchev–Trinajstić information content (AvgIpc) is 2.23. The molecule has 0 unspecified atom stereocenters. The molecule has 1 aromatic carbocycles. The monoisotopic (exact) mass is 288 g/mol. The van der Waals surface area contributed by atoms with Crippen LogP contribution in [0.5, 0.6) is 5.75 Å². The van der Waals surface area contributed by atoms with Gasteiger partial charge in [0.25, 0.3) is 0 Å². The molecule has 1 rings (SSSR count). The zero-order chi connectivity index (χ0) is 11.3. The summed E-state index contributed by atoms with van der Waals surface area (Å²) in [6, 6.07) is 5.63. The standard InChI is InChI=1S/C11H13BrO2S/c1-2-14-11-8(6-9(13)7-12)4-3-5-10(11)15/h3-5,15H,2,6-7H2,1H3. The summed E-state index contributed by atoms with van der Waals surface area (Å²) in [6.45, 7) is 2.49. The number of carbonyl (C=O) groups excluding carboxylic acids is 1. The molecular weight excluding hydrogens is 276 g/mol. The number of ketones is 1. The number of ether oxygens (including phenoxy) is 1. The third-order valence-corrected chi connectivity index (χ3v) is 2.88. The second kappa shape index (κ2) is 6.18. The molecule has 15 heavy (non-hydrogen) atoms. The van der Waals surface area contributed by atoms with Crippen LogP contribution in [0.3, 0.4) is 0 Å². The number of benzene rings is 1. The summed E-state index contributed by atoms with van der Waals surface area (Å²) in [4.78, 5) is 12.1. The predicted octanol–water partition coefficient (Wildman–Crippen LogP) is 2.88. The average molecular weight is 289 g/mol. The van der Waals surface area contributed by atoms with Crippen molar-refractivity contribution in [2.45, 2.75) is 18.2 Å². The number of hydrogen-bond donors (Lipinski definition) is 1. The summed E-state index contributed by atoms with van der Waals surface area (Å²) in [5, 5.41) is 0.370. The van der Waals surface area contributed by atoms with E-state index in [1.165, 1.54) is 0 Å². The molecule has 0 spiro atoms. The predicted molar refractivity (Wildman–Crippen MR) is 67.4 cm³/mol. The molecule has 0 saturated carbocycles. The van der Waals surface area contributed by atoms with Crippen LogP contribution in [-0.2, 0) is 11.2 Å². The Morgan fingerprint density at radius 2 is 2.27 bits per heavy atom. The van der Waals surface area contributed by atoms with Crippen LogP contribution in [-0.4, -0.2) is 17.7 Å². The zero-order valence-electron chi connectivity index (χ0n) is 8.50. The number of Topliss-reactive ketones (excluding diaryl/α,β-unsaturated/α-hetero) is 1. The van der Waals surface area contributed by atoms with E-state index in [4.69, 9.17) is 4.74 Å². The van der Waals surface area contributed by atoms with Gasteiger partial charge in [-0.15, -0.1) is 12.6 Å². The van der Waals surface area contributed by atoms with Gasteiger partial charge in [0.2, 0.25) is 0 Å². The van der Waals surface area contributed by atoms with Gasteiger partial charge in [0.05, 0.1) is 11.9 Å². The SMILES string of the molecule is CCOc1c(S)cccc1CC(=O)CBr. The molecule has 1 aromatic rings. The highest BCUT2D eigenvalue weighted by atomic mass is 79.9. The number of halogens is 1. The van der Waals surface area contributed by atoms with Gasteiger partial charge < -0.3 is 4.74 Å². The fourth-order valence-electron chi connectivity index (χ4n) is 1.28. The van der Waals surface area contributed by atoms with Crippen molar-refractivity contribution in [3.05, 3.63) is 23.8 Å². The summed E-state index contributed by atoms with van der Waals surface area (Å²) < 4.78 is 5.47. The van der Waals surface area contributed by atoms with E-state index in [0.29, 0.717) is 18.4 Å². The molecule has 0 aliphatic rings. The van der Waals surface area contributed by atoms with Crippen molar-refractivity contribution in [2.24, 2.45) is 0 Å². The number of para-hydroxylation sites is 1. The van der Waals surface area contributed by atoms with E-state index in [0.717, 1.165) is 16.2 Å². The molecule has 0 bridgehead atoms. The molecule has 0 amide bonds. The number of hydrogen-bond acceptors (Lipinski definition) is 3. The minimum Gasteiger partial charge on any atom is -0.492 e. The second-order valence-corrected chi connectivity index (χ2v) is 4.09. The van der Waals surface area contributed by atoms with Crippen molar-refractivity contribution in [3.8, 4) is 5.75 Å². The molecule has 2 nitrogen and oxygen atoms in total. The number of alkyl halides is 1. The van der Waals surface area contributed by atoms with E-state index in [-0.39, 0.29) is 5.78 Å². The minimum absolute atomic E-state index is 0.134. The van der Waals surface area contributed by atoms with E-state index >= 15 is 0 Å². The van der Waals surface area contributed by atoms with Crippen molar-refractivity contribution in [1.29, 1.82) is 0 Å². The Bertz CT molecular complexity index is 352. The molecule has 0 aliphatic carbocycles. The number of carbonyl (C=O) groups is 1. The van der Waals surface area contributed by atoms with Crippen molar-refractivity contribution in [2.75, 3.05) is 11.9 Å². The highest BCUT2D eigenvalue weighted by Gasteiger charge is 2.10. The quantitative estimate of drug-likeness (QED) is 0.666. The lowest BCUT2D eigenvalue weighted by Crippen LogP contribution is -2.06. The summed E-state index contributed by atoms with van der Waals surface area (Å²) in [5.41, 5.74) is 0.897. The highest BCUT2D eigenvalue weighted by molar-refractivity contribution is 9.09. The Morgan fingerprint density at radius 3 is 2.87 bits per heavy atom. The summed E-state index contributed by atoms with van der Waals surface area (Å²) in [6.07, 6.45) is 0.384. The van der Waals surface area contributed by atoms with Gasteiger partial charge in [-0.05, 0) is 13.0 Å². The van der Waals surface area contributed by atoms with E-state index in [2.05, 4.69) is 28.6 Å². The van der Waals surface area contributed by atoms with Crippen LogP contribution >= 0.6 is 28.6 Å². The Labute approximate surface area is 104 Å². The lowest BCUT2D eigenvalue weighted by atomic mass is 10.1. The summed E-state index contributed by atoms with van der Waals surface area (Å²) >= 11 is 7.45. The molecule has 0 fully saturated rings. The van der Waals surface area contributed by atoms with Gasteiger partial charge >= 0.3 is 0 Å². The smallest absolute Gasteiger partial charge is 0.147 e. The first kappa shape index (κ1) is 12.6. The van der Waals surface area contributed by atoms with Gasteiger partial charge in [-0.25, -0.2) is 0 Å². The Hall–Kier alpha value is -0.480. The Balaban J connectivity index is 2.94. The second-order valence-electron chi connectivity index (χ2n) is 3.05. The van der Waals surface area contributed by atoms with Crippen molar-refractivity contribution < 1.29 is 9.53 Å². The Kier molecular flexibility index (Phi) is 5.19. The van der Waals surface area contributed by atoms with Crippen LogP contribution in [0.15, 0.2) is 23.1 Å². The molecule has 0 aromatic heterocycles. The van der Waals surface area contributed by atoms with Crippen LogP contribution in [0, 0.1) is 0 Å².